The lowest BCUT2D eigenvalue weighted by Crippen LogP contribution is -2.43. The van der Waals surface area contributed by atoms with Gasteiger partial charge in [-0.05, 0) is 81.0 Å². The summed E-state index contributed by atoms with van der Waals surface area (Å²) in [6.45, 7) is 13.1. The van der Waals surface area contributed by atoms with E-state index in [0.717, 1.165) is 38.3 Å². The summed E-state index contributed by atoms with van der Waals surface area (Å²) in [6.07, 6.45) is -2.35. The molecule has 0 saturated carbocycles. The van der Waals surface area contributed by atoms with Crippen LogP contribution < -0.4 is 0 Å². The van der Waals surface area contributed by atoms with Crippen molar-refractivity contribution in [2.45, 2.75) is 58.4 Å². The maximum absolute atomic E-state index is 13.5. The molecule has 3 nitrogen and oxygen atoms in total. The number of hydrogen-bond donors (Lipinski definition) is 0. The van der Waals surface area contributed by atoms with E-state index in [0.29, 0.717) is 17.0 Å². The van der Waals surface area contributed by atoms with Crippen LogP contribution in [0.4, 0.5) is 13.2 Å². The third-order valence-corrected chi connectivity index (χ3v) is 8.35. The Morgan fingerprint density at radius 1 is 1.00 bits per heavy atom. The molecule has 214 valence electrons. The van der Waals surface area contributed by atoms with Crippen molar-refractivity contribution in [3.05, 3.63) is 119 Å². The number of nitrogens with zero attached hydrogens (tertiary/aromatic N) is 3. The van der Waals surface area contributed by atoms with Gasteiger partial charge in [-0.1, -0.05) is 72.8 Å². The highest BCUT2D eigenvalue weighted by molar-refractivity contribution is 5.34. The van der Waals surface area contributed by atoms with Crippen LogP contribution in [0.3, 0.4) is 0 Å². The average molecular weight is 550 g/mol. The van der Waals surface area contributed by atoms with Crippen LogP contribution in [0.1, 0.15) is 65.2 Å². The lowest BCUT2D eigenvalue weighted by molar-refractivity contribution is -0.137. The molecule has 40 heavy (non-hydrogen) atoms. The number of benzene rings is 3. The minimum Gasteiger partial charge on any atom is -0.355 e. The van der Waals surface area contributed by atoms with Gasteiger partial charge in [0.25, 0.3) is 0 Å². The molecule has 0 N–H and O–H groups in total. The van der Waals surface area contributed by atoms with Gasteiger partial charge in [-0.3, -0.25) is 0 Å². The Bertz CT molecular complexity index is 1290. The van der Waals surface area contributed by atoms with Crippen molar-refractivity contribution in [3.8, 4) is 0 Å². The first-order valence-electron chi connectivity index (χ1n) is 14.1. The third kappa shape index (κ3) is 7.08. The van der Waals surface area contributed by atoms with Gasteiger partial charge in [-0.15, -0.1) is 0 Å². The van der Waals surface area contributed by atoms with E-state index in [1.54, 1.807) is 6.92 Å². The van der Waals surface area contributed by atoms with E-state index in [1.807, 2.05) is 31.0 Å². The number of likely N-dealkylation sites (tertiary alicyclic amines) is 1. The zero-order chi connectivity index (χ0) is 29.0. The molecule has 1 aliphatic heterocycles. The van der Waals surface area contributed by atoms with Gasteiger partial charge in [-0.25, -0.2) is 0 Å². The molecule has 3 aromatic carbocycles. The van der Waals surface area contributed by atoms with Crippen molar-refractivity contribution in [2.24, 2.45) is 5.92 Å². The summed E-state index contributed by atoms with van der Waals surface area (Å²) in [6, 6.07) is 23.3. The fraction of sp³-hybridized carbons (Fsp3) is 0.412. The first-order chi connectivity index (χ1) is 18.9. The van der Waals surface area contributed by atoms with Gasteiger partial charge in [0.15, 0.2) is 0 Å². The molecule has 1 aliphatic rings. The highest BCUT2D eigenvalue weighted by Crippen LogP contribution is 2.40. The fourth-order valence-corrected chi connectivity index (χ4v) is 6.04. The Hall–Kier alpha value is -3.25. The standard InChI is InChI=1S/C34H42F3N3/c1-24-18-30(21-31(19-24)34(35,36)37)26(3)39(6)27(4)40-17-16-29(20-33(40)32-15-11-10-12-25(32)2)23-38(5)22-28-13-8-7-9-14-28/h7-15,18-19,21,26,29,33H,4,16-17,20,22-23H2,1-3,5-6H3. The number of rotatable bonds is 9. The van der Waals surface area contributed by atoms with Crippen molar-refractivity contribution in [2.75, 3.05) is 27.2 Å². The van der Waals surface area contributed by atoms with Crippen LogP contribution in [0.25, 0.3) is 0 Å². The van der Waals surface area contributed by atoms with E-state index in [2.05, 4.69) is 78.9 Å². The minimum atomic E-state index is -4.37. The van der Waals surface area contributed by atoms with Crippen LogP contribution in [-0.4, -0.2) is 41.9 Å². The van der Waals surface area contributed by atoms with E-state index in [1.165, 1.54) is 28.8 Å². The number of piperidine rings is 1. The molecule has 0 bridgehead atoms. The van der Waals surface area contributed by atoms with E-state index < -0.39 is 11.7 Å². The molecule has 0 amide bonds. The highest BCUT2D eigenvalue weighted by Gasteiger charge is 2.35. The molecule has 4 rings (SSSR count). The second-order valence-electron chi connectivity index (χ2n) is 11.5. The lowest BCUT2D eigenvalue weighted by Gasteiger charge is -2.46. The second kappa shape index (κ2) is 12.5. The van der Waals surface area contributed by atoms with Gasteiger partial charge >= 0.3 is 6.18 Å². The molecule has 0 spiro atoms. The predicted octanol–water partition coefficient (Wildman–Crippen LogP) is 8.37. The molecule has 1 saturated heterocycles. The maximum Gasteiger partial charge on any atom is 0.416 e. The Morgan fingerprint density at radius 2 is 1.68 bits per heavy atom. The van der Waals surface area contributed by atoms with E-state index in [-0.39, 0.29) is 12.1 Å². The van der Waals surface area contributed by atoms with E-state index in [4.69, 9.17) is 0 Å². The molecule has 3 atom stereocenters. The summed E-state index contributed by atoms with van der Waals surface area (Å²) >= 11 is 0. The number of hydrogen-bond acceptors (Lipinski definition) is 3. The summed E-state index contributed by atoms with van der Waals surface area (Å²) in [5, 5.41) is 0. The average Bonchev–Trinajstić information content (AvgIpc) is 2.92. The Balaban J connectivity index is 1.54. The van der Waals surface area contributed by atoms with Gasteiger partial charge < -0.3 is 14.7 Å². The topological polar surface area (TPSA) is 9.72 Å². The normalized spacial score (nSPS) is 18.6. The van der Waals surface area contributed by atoms with Gasteiger partial charge in [0.1, 0.15) is 0 Å². The second-order valence-corrected chi connectivity index (χ2v) is 11.5. The van der Waals surface area contributed by atoms with Gasteiger partial charge in [-0.2, -0.15) is 13.2 Å². The summed E-state index contributed by atoms with van der Waals surface area (Å²) in [5.74, 6) is 1.36. The monoisotopic (exact) mass is 549 g/mol. The van der Waals surface area contributed by atoms with Crippen LogP contribution in [0.5, 0.6) is 0 Å². The molecule has 1 fully saturated rings. The van der Waals surface area contributed by atoms with Gasteiger partial charge in [0.05, 0.1) is 23.5 Å². The van der Waals surface area contributed by atoms with Crippen LogP contribution in [0, 0.1) is 19.8 Å². The molecular formula is C34H42F3N3. The number of halogens is 3. The van der Waals surface area contributed by atoms with Gasteiger partial charge in [0, 0.05) is 26.7 Å². The maximum atomic E-state index is 13.5. The van der Waals surface area contributed by atoms with E-state index in [9.17, 15) is 13.2 Å². The summed E-state index contributed by atoms with van der Waals surface area (Å²) in [7, 11) is 4.13. The molecule has 0 radical (unpaired) electrons. The van der Waals surface area contributed by atoms with Crippen molar-refractivity contribution in [3.63, 3.8) is 0 Å². The Labute approximate surface area is 237 Å². The molecule has 3 unspecified atom stereocenters. The van der Waals surface area contributed by atoms with Crippen LogP contribution in [0.2, 0.25) is 0 Å². The molecule has 1 heterocycles. The molecule has 0 aliphatic carbocycles. The van der Waals surface area contributed by atoms with Crippen LogP contribution in [0.15, 0.2) is 85.2 Å². The quantitative estimate of drug-likeness (QED) is 0.265. The van der Waals surface area contributed by atoms with Gasteiger partial charge in [0.2, 0.25) is 0 Å². The zero-order valence-corrected chi connectivity index (χ0v) is 24.4. The predicted molar refractivity (Wildman–Crippen MR) is 158 cm³/mol. The summed E-state index contributed by atoms with van der Waals surface area (Å²) < 4.78 is 40.6. The fourth-order valence-electron chi connectivity index (χ4n) is 6.04. The zero-order valence-electron chi connectivity index (χ0n) is 24.4. The Kier molecular flexibility index (Phi) is 9.29. The van der Waals surface area contributed by atoms with Crippen molar-refractivity contribution < 1.29 is 13.2 Å². The third-order valence-electron chi connectivity index (χ3n) is 8.35. The largest absolute Gasteiger partial charge is 0.416 e. The molecule has 3 aromatic rings. The number of alkyl halides is 3. The molecule has 0 aromatic heterocycles. The Morgan fingerprint density at radius 3 is 2.35 bits per heavy atom. The minimum absolute atomic E-state index is 0.149. The first kappa shape index (κ1) is 29.7. The van der Waals surface area contributed by atoms with Crippen molar-refractivity contribution in [1.29, 1.82) is 0 Å². The first-order valence-corrected chi connectivity index (χ1v) is 14.1. The van der Waals surface area contributed by atoms with Crippen LogP contribution in [-0.2, 0) is 12.7 Å². The summed E-state index contributed by atoms with van der Waals surface area (Å²) in [5.41, 5.74) is 4.48. The smallest absolute Gasteiger partial charge is 0.355 e. The van der Waals surface area contributed by atoms with Crippen LogP contribution >= 0.6 is 0 Å². The highest BCUT2D eigenvalue weighted by atomic mass is 19.4. The summed E-state index contributed by atoms with van der Waals surface area (Å²) in [4.78, 5) is 6.80. The molecule has 6 heteroatoms. The molecular weight excluding hydrogens is 507 g/mol. The van der Waals surface area contributed by atoms with Crippen molar-refractivity contribution >= 4 is 0 Å². The SMILES string of the molecule is C=C(N(C)C(C)c1cc(C)cc(C(F)(F)F)c1)N1CCC(CN(C)Cc2ccccc2)CC1c1ccccc1C. The van der Waals surface area contributed by atoms with Crippen molar-refractivity contribution in [1.82, 2.24) is 14.7 Å². The lowest BCUT2D eigenvalue weighted by atomic mass is 9.85. The number of aryl methyl sites for hydroxylation is 2. The van der Waals surface area contributed by atoms with E-state index >= 15 is 0 Å².